The molecule has 0 bridgehead atoms. The Kier molecular flexibility index (Phi) is 4.63. The lowest BCUT2D eigenvalue weighted by Crippen LogP contribution is -2.32. The number of nitrogens with one attached hydrogen (secondary N) is 2. The average molecular weight is 410 g/mol. The number of aromatic nitrogens is 1. The Labute approximate surface area is 166 Å². The number of anilines is 3. The van der Waals surface area contributed by atoms with E-state index in [1.165, 1.54) is 0 Å². The Balaban J connectivity index is 2.39. The zero-order valence-electron chi connectivity index (χ0n) is 14.7. The van der Waals surface area contributed by atoms with Gasteiger partial charge in [-0.25, -0.2) is 9.98 Å². The van der Waals surface area contributed by atoms with Crippen LogP contribution in [0.4, 0.5) is 28.7 Å². The Bertz CT molecular complexity index is 1230. The maximum atomic E-state index is 11.3. The van der Waals surface area contributed by atoms with Gasteiger partial charge in [0.15, 0.2) is 6.19 Å². The van der Waals surface area contributed by atoms with E-state index in [1.54, 1.807) is 12.3 Å². The van der Waals surface area contributed by atoms with E-state index >= 15 is 0 Å². The molecule has 30 heavy (non-hydrogen) atoms. The van der Waals surface area contributed by atoms with Gasteiger partial charge in [0.1, 0.15) is 29.3 Å². The van der Waals surface area contributed by atoms with Crippen molar-refractivity contribution < 1.29 is 15.0 Å². The van der Waals surface area contributed by atoms with Crippen molar-refractivity contribution in [2.24, 2.45) is 4.99 Å². The number of nitrogen functional groups attached to an aromatic ring is 2. The van der Waals surface area contributed by atoms with E-state index in [0.717, 1.165) is 6.07 Å². The van der Waals surface area contributed by atoms with Crippen LogP contribution in [0.5, 0.6) is 5.75 Å². The number of benzene rings is 1. The third-order valence-electron chi connectivity index (χ3n) is 4.16. The number of pyridine rings is 1. The van der Waals surface area contributed by atoms with Gasteiger partial charge in [0.2, 0.25) is 11.7 Å². The van der Waals surface area contributed by atoms with Crippen LogP contribution in [-0.2, 0) is 0 Å². The van der Waals surface area contributed by atoms with Gasteiger partial charge >= 0.3 is 5.69 Å². The summed E-state index contributed by atoms with van der Waals surface area (Å²) < 4.78 is 0. The van der Waals surface area contributed by atoms with Crippen LogP contribution in [0.25, 0.3) is 0 Å². The lowest BCUT2D eigenvalue weighted by molar-refractivity contribution is -0.394. The number of phenols is 1. The van der Waals surface area contributed by atoms with Gasteiger partial charge < -0.3 is 21.9 Å². The van der Waals surface area contributed by atoms with Crippen LogP contribution in [0, 0.1) is 43.0 Å². The second-order valence-electron chi connectivity index (χ2n) is 5.82. The Morgan fingerprint density at radius 3 is 2.50 bits per heavy atom. The summed E-state index contributed by atoms with van der Waals surface area (Å²) >= 11 is 0. The van der Waals surface area contributed by atoms with Gasteiger partial charge in [0, 0.05) is 17.2 Å². The molecule has 15 nitrogen and oxygen atoms in total. The highest BCUT2D eigenvalue weighted by Crippen LogP contribution is 2.46. The van der Waals surface area contributed by atoms with Crippen LogP contribution in [-0.4, -0.2) is 25.9 Å². The van der Waals surface area contributed by atoms with E-state index in [-0.39, 0.29) is 40.0 Å². The second-order valence-corrected chi connectivity index (χ2v) is 5.82. The molecule has 1 aliphatic rings. The van der Waals surface area contributed by atoms with Gasteiger partial charge in [-0.05, 0) is 0 Å². The molecule has 0 fully saturated rings. The summed E-state index contributed by atoms with van der Waals surface area (Å²) in [4.78, 5) is 28.7. The topological polar surface area (TPSA) is 255 Å². The Morgan fingerprint density at radius 1 is 1.23 bits per heavy atom. The predicted octanol–water partition coefficient (Wildman–Crippen LogP) is 0.581. The first kappa shape index (κ1) is 19.6. The Hall–Kier alpha value is -5.18. The molecule has 0 saturated carbocycles. The van der Waals surface area contributed by atoms with Crippen molar-refractivity contribution in [3.05, 3.63) is 49.1 Å². The monoisotopic (exact) mass is 410 g/mol. The minimum atomic E-state index is -1.39. The van der Waals surface area contributed by atoms with Gasteiger partial charge in [-0.15, -0.1) is 0 Å². The molecule has 150 valence electrons. The molecule has 2 aromatic rings. The number of fused-ring (bicyclic) bond motifs is 1. The molecule has 0 spiro atoms. The number of nitro groups is 2. The van der Waals surface area contributed by atoms with Crippen molar-refractivity contribution in [2.75, 3.05) is 16.8 Å². The van der Waals surface area contributed by atoms with Crippen molar-refractivity contribution in [2.45, 2.75) is 6.04 Å². The standard InChI is InChI=1S/C15H10N10O5/c16-3-7-10(18)9-11(21-15(20-4-17)23-14(9)22-13(7)19)6-1-5(24(27)28)2-8(12(6)26)25(29)30/h1-2,11,26H,(H6,18,19,20,21,22,23). The maximum absolute atomic E-state index is 11.3. The van der Waals surface area contributed by atoms with Crippen LogP contribution in [0.3, 0.4) is 0 Å². The molecular weight excluding hydrogens is 400 g/mol. The largest absolute Gasteiger partial charge is 0.502 e. The van der Waals surface area contributed by atoms with E-state index in [4.69, 9.17) is 16.7 Å². The molecule has 3 rings (SSSR count). The van der Waals surface area contributed by atoms with Gasteiger partial charge in [-0.2, -0.15) is 10.5 Å². The summed E-state index contributed by atoms with van der Waals surface area (Å²) in [6, 6.07) is 1.83. The van der Waals surface area contributed by atoms with Crippen LogP contribution in [0.15, 0.2) is 17.1 Å². The summed E-state index contributed by atoms with van der Waals surface area (Å²) in [7, 11) is 0. The van der Waals surface area contributed by atoms with Crippen molar-refractivity contribution in [3.63, 3.8) is 0 Å². The molecular formula is C15H10N10O5. The van der Waals surface area contributed by atoms with E-state index in [1.807, 2.05) is 0 Å². The summed E-state index contributed by atoms with van der Waals surface area (Å²) in [5.41, 5.74) is 9.30. The van der Waals surface area contributed by atoms with E-state index in [9.17, 15) is 30.6 Å². The molecule has 2 heterocycles. The first-order valence-electron chi connectivity index (χ1n) is 7.84. The highest BCUT2D eigenvalue weighted by atomic mass is 16.6. The number of hydrogen-bond acceptors (Lipinski definition) is 13. The number of aromatic hydroxyl groups is 1. The first-order valence-corrected chi connectivity index (χ1v) is 7.84. The highest BCUT2D eigenvalue weighted by Gasteiger charge is 2.35. The summed E-state index contributed by atoms with van der Waals surface area (Å²) in [6.45, 7) is 0. The molecule has 0 saturated heterocycles. The van der Waals surface area contributed by atoms with Crippen LogP contribution >= 0.6 is 0 Å². The van der Waals surface area contributed by atoms with Crippen molar-refractivity contribution in [1.82, 2.24) is 10.3 Å². The molecule has 0 radical (unpaired) electrons. The van der Waals surface area contributed by atoms with Crippen LogP contribution in [0.2, 0.25) is 0 Å². The van der Waals surface area contributed by atoms with E-state index < -0.39 is 33.0 Å². The number of non-ortho nitro benzene ring substituents is 1. The predicted molar refractivity (Wildman–Crippen MR) is 101 cm³/mol. The van der Waals surface area contributed by atoms with Gasteiger partial charge in [-0.1, -0.05) is 0 Å². The fourth-order valence-electron chi connectivity index (χ4n) is 2.88. The highest BCUT2D eigenvalue weighted by molar-refractivity contribution is 5.98. The molecule has 0 aliphatic carbocycles. The van der Waals surface area contributed by atoms with E-state index in [2.05, 4.69) is 20.6 Å². The number of nitrogens with two attached hydrogens (primary N) is 2. The fraction of sp³-hybridized carbons (Fsp3) is 0.0667. The molecule has 1 aliphatic heterocycles. The minimum absolute atomic E-state index is 0.0191. The molecule has 7 N–H and O–H groups in total. The maximum Gasteiger partial charge on any atom is 0.317 e. The lowest BCUT2D eigenvalue weighted by Gasteiger charge is -2.26. The van der Waals surface area contributed by atoms with Crippen molar-refractivity contribution in [1.29, 1.82) is 10.5 Å². The summed E-state index contributed by atoms with van der Waals surface area (Å²) in [5.74, 6) is -1.40. The van der Waals surface area contributed by atoms with Gasteiger partial charge in [-0.3, -0.25) is 25.5 Å². The van der Waals surface area contributed by atoms with E-state index in [0.29, 0.717) is 6.07 Å². The average Bonchev–Trinajstić information content (AvgIpc) is 2.67. The van der Waals surface area contributed by atoms with Crippen molar-refractivity contribution >= 4 is 34.7 Å². The molecule has 0 amide bonds. The van der Waals surface area contributed by atoms with Gasteiger partial charge in [0.25, 0.3) is 5.69 Å². The minimum Gasteiger partial charge on any atom is -0.502 e. The van der Waals surface area contributed by atoms with Crippen molar-refractivity contribution in [3.8, 4) is 18.0 Å². The molecule has 1 aromatic carbocycles. The smallest absolute Gasteiger partial charge is 0.317 e. The number of guanidine groups is 1. The van der Waals surface area contributed by atoms with Crippen LogP contribution in [0.1, 0.15) is 22.7 Å². The number of aliphatic imine (C=N–C) groups is 1. The van der Waals surface area contributed by atoms with Crippen LogP contribution < -0.4 is 22.1 Å². The fourth-order valence-corrected chi connectivity index (χ4v) is 2.88. The SMILES string of the molecule is N#CNC1=NC(c2cc([N+](=O)[O-])cc([N+](=O)[O-])c2O)c2c(nc(N)c(C#N)c2N)N1. The molecule has 1 unspecified atom stereocenters. The number of phenolic OH excluding ortho intramolecular Hbond substituents is 1. The quantitative estimate of drug-likeness (QED) is 0.201. The zero-order valence-corrected chi connectivity index (χ0v) is 14.7. The normalized spacial score (nSPS) is 14.3. The summed E-state index contributed by atoms with van der Waals surface area (Å²) in [6.07, 6.45) is 1.60. The molecule has 1 aromatic heterocycles. The number of nitriles is 2. The second kappa shape index (κ2) is 7.09. The molecule has 1 atom stereocenters. The number of nitro benzene ring substituents is 2. The molecule has 15 heteroatoms. The third-order valence-corrected chi connectivity index (χ3v) is 4.16. The summed E-state index contributed by atoms with van der Waals surface area (Å²) in [5, 5.41) is 55.9. The third kappa shape index (κ3) is 3.04. The zero-order chi connectivity index (χ0) is 22.2. The number of nitrogens with zero attached hydrogens (tertiary/aromatic N) is 6. The first-order chi connectivity index (χ1) is 14.2. The number of hydrogen-bond donors (Lipinski definition) is 5. The van der Waals surface area contributed by atoms with Gasteiger partial charge in [0.05, 0.1) is 21.6 Å². The Morgan fingerprint density at radius 2 is 1.93 bits per heavy atom. The lowest BCUT2D eigenvalue weighted by atomic mass is 9.93. The number of rotatable bonds is 3.